The van der Waals surface area contributed by atoms with E-state index in [4.69, 9.17) is 11.6 Å². The van der Waals surface area contributed by atoms with E-state index in [1.165, 1.54) is 0 Å². The second-order valence-electron chi connectivity index (χ2n) is 4.49. The highest BCUT2D eigenvalue weighted by Gasteiger charge is 2.29. The maximum absolute atomic E-state index is 12.2. The van der Waals surface area contributed by atoms with Gasteiger partial charge in [-0.25, -0.2) is 4.68 Å². The van der Waals surface area contributed by atoms with Gasteiger partial charge in [0.1, 0.15) is 11.6 Å². The lowest BCUT2D eigenvalue weighted by atomic mass is 10.2. The van der Waals surface area contributed by atoms with E-state index < -0.39 is 18.3 Å². The zero-order chi connectivity index (χ0) is 15.3. The summed E-state index contributed by atoms with van der Waals surface area (Å²) in [5, 5.41) is 9.06. The monoisotopic (exact) mass is 312 g/mol. The summed E-state index contributed by atoms with van der Waals surface area (Å²) in [5.74, 6) is 0.258. The number of hydrogen-bond donors (Lipinski definition) is 2. The van der Waals surface area contributed by atoms with Crippen LogP contribution in [0.25, 0.3) is 0 Å². The molecule has 0 fully saturated rings. The summed E-state index contributed by atoms with van der Waals surface area (Å²) in [6.07, 6.45) is -3.39. The number of nitrogens with one attached hydrogen (secondary N) is 2. The zero-order valence-corrected chi connectivity index (χ0v) is 11.8. The highest BCUT2D eigenvalue weighted by Crippen LogP contribution is 2.19. The number of alkyl halides is 3. The van der Waals surface area contributed by atoms with Crippen LogP contribution in [0.4, 0.5) is 18.9 Å². The SMILES string of the molecule is CNCC(C)CNc1cnn(CC(F)(F)F)c(=O)c1Cl. The molecule has 1 unspecified atom stereocenters. The molecule has 0 saturated heterocycles. The predicted octanol–water partition coefficient (Wildman–Crippen LogP) is 1.73. The Morgan fingerprint density at radius 1 is 1.45 bits per heavy atom. The lowest BCUT2D eigenvalue weighted by molar-refractivity contribution is -0.143. The summed E-state index contributed by atoms with van der Waals surface area (Å²) < 4.78 is 37.0. The van der Waals surface area contributed by atoms with Gasteiger partial charge in [0, 0.05) is 6.54 Å². The first-order chi connectivity index (χ1) is 9.24. The van der Waals surface area contributed by atoms with Crippen molar-refractivity contribution in [3.63, 3.8) is 0 Å². The average Bonchev–Trinajstić information content (AvgIpc) is 2.33. The van der Waals surface area contributed by atoms with E-state index in [2.05, 4.69) is 15.7 Å². The minimum absolute atomic E-state index is 0.234. The minimum Gasteiger partial charge on any atom is -0.382 e. The molecule has 5 nitrogen and oxygen atoms in total. The van der Waals surface area contributed by atoms with Crippen LogP contribution in [-0.4, -0.2) is 36.1 Å². The van der Waals surface area contributed by atoms with Gasteiger partial charge in [-0.1, -0.05) is 18.5 Å². The largest absolute Gasteiger partial charge is 0.408 e. The van der Waals surface area contributed by atoms with Crippen molar-refractivity contribution in [2.24, 2.45) is 5.92 Å². The Labute approximate surface area is 119 Å². The zero-order valence-electron chi connectivity index (χ0n) is 11.1. The van der Waals surface area contributed by atoms with Crippen LogP contribution in [0, 0.1) is 5.92 Å². The van der Waals surface area contributed by atoms with E-state index in [0.29, 0.717) is 11.2 Å². The van der Waals surface area contributed by atoms with Gasteiger partial charge in [-0.3, -0.25) is 4.79 Å². The molecule has 0 saturated carbocycles. The Morgan fingerprint density at radius 3 is 2.65 bits per heavy atom. The molecule has 9 heteroatoms. The molecule has 1 aromatic heterocycles. The first-order valence-corrected chi connectivity index (χ1v) is 6.33. The van der Waals surface area contributed by atoms with Crippen molar-refractivity contribution in [1.82, 2.24) is 15.1 Å². The van der Waals surface area contributed by atoms with Gasteiger partial charge in [0.2, 0.25) is 0 Å². The third-order valence-electron chi connectivity index (χ3n) is 2.51. The van der Waals surface area contributed by atoms with Crippen LogP contribution in [0.2, 0.25) is 5.02 Å². The van der Waals surface area contributed by atoms with Gasteiger partial charge >= 0.3 is 6.18 Å². The fraction of sp³-hybridized carbons (Fsp3) is 0.636. The van der Waals surface area contributed by atoms with Crippen molar-refractivity contribution in [2.75, 3.05) is 25.5 Å². The van der Waals surface area contributed by atoms with E-state index in [-0.39, 0.29) is 16.6 Å². The molecule has 0 aliphatic heterocycles. The molecule has 0 aliphatic rings. The van der Waals surface area contributed by atoms with E-state index in [1.54, 1.807) is 0 Å². The third kappa shape index (κ3) is 5.01. The summed E-state index contributed by atoms with van der Waals surface area (Å²) in [6.45, 7) is 1.78. The van der Waals surface area contributed by atoms with Gasteiger partial charge < -0.3 is 10.6 Å². The second-order valence-corrected chi connectivity index (χ2v) is 4.87. The third-order valence-corrected chi connectivity index (χ3v) is 2.87. The molecule has 0 amide bonds. The van der Waals surface area contributed by atoms with Crippen molar-refractivity contribution in [1.29, 1.82) is 0 Å². The van der Waals surface area contributed by atoms with Crippen LogP contribution in [0.5, 0.6) is 0 Å². The van der Waals surface area contributed by atoms with Crippen molar-refractivity contribution in [3.05, 3.63) is 21.6 Å². The maximum atomic E-state index is 12.2. The van der Waals surface area contributed by atoms with Gasteiger partial charge in [0.15, 0.2) is 0 Å². The van der Waals surface area contributed by atoms with E-state index in [0.717, 1.165) is 12.7 Å². The maximum Gasteiger partial charge on any atom is 0.408 e. The van der Waals surface area contributed by atoms with Crippen molar-refractivity contribution in [3.8, 4) is 0 Å². The number of hydrogen-bond acceptors (Lipinski definition) is 4. The molecule has 2 N–H and O–H groups in total. The number of aromatic nitrogens is 2. The number of halogens is 4. The molecule has 0 aliphatic carbocycles. The van der Waals surface area contributed by atoms with E-state index in [1.807, 2.05) is 14.0 Å². The molecular weight excluding hydrogens is 297 g/mol. The predicted molar refractivity (Wildman–Crippen MR) is 71.1 cm³/mol. The fourth-order valence-corrected chi connectivity index (χ4v) is 1.79. The molecule has 0 aromatic carbocycles. The number of rotatable bonds is 6. The highest BCUT2D eigenvalue weighted by atomic mass is 35.5. The lowest BCUT2D eigenvalue weighted by Crippen LogP contribution is -2.31. The lowest BCUT2D eigenvalue weighted by Gasteiger charge is -2.14. The first-order valence-electron chi connectivity index (χ1n) is 5.95. The standard InChI is InChI=1S/C11H16ClF3N4O/c1-7(3-16-2)4-17-8-5-18-19(6-11(13,14)15)10(20)9(8)12/h5,7,16-17H,3-4,6H2,1-2H3. The molecule has 0 spiro atoms. The fourth-order valence-electron chi connectivity index (χ4n) is 1.58. The Bertz CT molecular complexity index is 503. The summed E-state index contributed by atoms with van der Waals surface area (Å²) in [7, 11) is 1.81. The van der Waals surface area contributed by atoms with E-state index >= 15 is 0 Å². The van der Waals surface area contributed by atoms with E-state index in [9.17, 15) is 18.0 Å². The van der Waals surface area contributed by atoms with Gasteiger partial charge in [0.25, 0.3) is 5.56 Å². The molecule has 1 aromatic rings. The quantitative estimate of drug-likeness (QED) is 0.840. The molecule has 0 radical (unpaired) electrons. The van der Waals surface area contributed by atoms with Crippen molar-refractivity contribution in [2.45, 2.75) is 19.6 Å². The summed E-state index contributed by atoms with van der Waals surface area (Å²) in [6, 6.07) is 0. The normalized spacial score (nSPS) is 13.3. The first kappa shape index (κ1) is 16.8. The Hall–Kier alpha value is -1.28. The number of nitrogens with zero attached hydrogens (tertiary/aromatic N) is 2. The molecule has 1 rings (SSSR count). The summed E-state index contributed by atoms with van der Waals surface area (Å²) in [4.78, 5) is 11.7. The van der Waals surface area contributed by atoms with Gasteiger partial charge in [-0.05, 0) is 19.5 Å². The Morgan fingerprint density at radius 2 is 2.10 bits per heavy atom. The highest BCUT2D eigenvalue weighted by molar-refractivity contribution is 6.32. The summed E-state index contributed by atoms with van der Waals surface area (Å²) in [5.41, 5.74) is -0.728. The molecule has 1 atom stereocenters. The topological polar surface area (TPSA) is 59.0 Å². The molecule has 1 heterocycles. The Kier molecular flexibility index (Phi) is 5.82. The molecule has 20 heavy (non-hydrogen) atoms. The minimum atomic E-state index is -4.52. The van der Waals surface area contributed by atoms with Crippen molar-refractivity contribution < 1.29 is 13.2 Å². The van der Waals surface area contributed by atoms with Crippen LogP contribution in [0.1, 0.15) is 6.92 Å². The van der Waals surface area contributed by atoms with Gasteiger partial charge in [-0.2, -0.15) is 18.3 Å². The van der Waals surface area contributed by atoms with Crippen LogP contribution >= 0.6 is 11.6 Å². The van der Waals surface area contributed by atoms with Crippen LogP contribution in [-0.2, 0) is 6.54 Å². The molecule has 0 bridgehead atoms. The van der Waals surface area contributed by atoms with Crippen LogP contribution in [0.3, 0.4) is 0 Å². The molecular formula is C11H16ClF3N4O. The number of anilines is 1. The average molecular weight is 313 g/mol. The van der Waals surface area contributed by atoms with Crippen molar-refractivity contribution >= 4 is 17.3 Å². The van der Waals surface area contributed by atoms with Gasteiger partial charge in [0.05, 0.1) is 11.9 Å². The smallest absolute Gasteiger partial charge is 0.382 e. The van der Waals surface area contributed by atoms with Crippen LogP contribution < -0.4 is 16.2 Å². The van der Waals surface area contributed by atoms with Gasteiger partial charge in [-0.15, -0.1) is 0 Å². The summed E-state index contributed by atoms with van der Waals surface area (Å²) >= 11 is 5.77. The second kappa shape index (κ2) is 6.94. The van der Waals surface area contributed by atoms with Crippen LogP contribution in [0.15, 0.2) is 11.0 Å². The Balaban J connectivity index is 2.82. The molecule has 114 valence electrons.